The number of esters is 1. The number of nitrogens with zero attached hydrogens (tertiary/aromatic N) is 2. The molecule has 2 aromatic heterocycles. The fourth-order valence-corrected chi connectivity index (χ4v) is 3.94. The second-order valence-corrected chi connectivity index (χ2v) is 6.18. The van der Waals surface area contributed by atoms with E-state index in [0.717, 1.165) is 29.1 Å². The van der Waals surface area contributed by atoms with Gasteiger partial charge in [0, 0.05) is 24.1 Å². The number of aryl methyl sites for hydroxylation is 1. The number of halogens is 1. The number of hydrogen-bond acceptors (Lipinski definition) is 5. The lowest BCUT2D eigenvalue weighted by molar-refractivity contribution is 0.0532. The summed E-state index contributed by atoms with van der Waals surface area (Å²) in [4.78, 5) is 13.5. The average Bonchev–Trinajstić information content (AvgIpc) is 3.01. The second-order valence-electron chi connectivity index (χ2n) is 4.69. The first-order chi connectivity index (χ1) is 10.2. The van der Waals surface area contributed by atoms with Crippen molar-refractivity contribution in [1.82, 2.24) is 9.78 Å². The second kappa shape index (κ2) is 5.79. The molecule has 1 aliphatic rings. The Bertz CT molecular complexity index is 680. The molecule has 5 nitrogen and oxygen atoms in total. The maximum Gasteiger partial charge on any atom is 0.348 e. The molecular formula is C14H15ClN2O3S. The van der Waals surface area contributed by atoms with E-state index in [-0.39, 0.29) is 12.1 Å². The maximum absolute atomic E-state index is 12.0. The van der Waals surface area contributed by atoms with Crippen LogP contribution in [0.15, 0.2) is 12.3 Å². The molecule has 0 amide bonds. The summed E-state index contributed by atoms with van der Waals surface area (Å²) < 4.78 is 12.5. The molecule has 0 radical (unpaired) electrons. The van der Waals surface area contributed by atoms with Gasteiger partial charge in [-0.05, 0) is 19.4 Å². The zero-order valence-corrected chi connectivity index (χ0v) is 13.3. The summed E-state index contributed by atoms with van der Waals surface area (Å²) >= 11 is 7.67. The van der Waals surface area contributed by atoms with Crippen LogP contribution in [0.2, 0.25) is 5.02 Å². The van der Waals surface area contributed by atoms with E-state index in [1.165, 1.54) is 11.3 Å². The normalized spacial score (nSPS) is 17.0. The minimum absolute atomic E-state index is 0.0639. The summed E-state index contributed by atoms with van der Waals surface area (Å²) in [6.45, 7) is 2.88. The van der Waals surface area contributed by atoms with E-state index in [0.29, 0.717) is 16.5 Å². The molecule has 0 unspecified atom stereocenters. The summed E-state index contributed by atoms with van der Waals surface area (Å²) in [7, 11) is 1.67. The Balaban J connectivity index is 2.13. The van der Waals surface area contributed by atoms with Gasteiger partial charge in [0.2, 0.25) is 0 Å². The first-order valence-electron chi connectivity index (χ1n) is 6.71. The molecule has 0 fully saturated rings. The third-order valence-electron chi connectivity index (χ3n) is 3.47. The number of methoxy groups -OCH3 is 1. The monoisotopic (exact) mass is 326 g/mol. The molecular weight excluding hydrogens is 312 g/mol. The van der Waals surface area contributed by atoms with Gasteiger partial charge in [0.05, 0.1) is 29.6 Å². The van der Waals surface area contributed by atoms with E-state index in [2.05, 4.69) is 5.10 Å². The van der Waals surface area contributed by atoms with Gasteiger partial charge in [-0.2, -0.15) is 5.10 Å². The summed E-state index contributed by atoms with van der Waals surface area (Å²) in [5.41, 5.74) is 1.76. The Morgan fingerprint density at radius 3 is 3.14 bits per heavy atom. The molecule has 0 saturated carbocycles. The van der Waals surface area contributed by atoms with Crippen LogP contribution >= 0.6 is 22.9 Å². The van der Waals surface area contributed by atoms with Crippen LogP contribution in [0.25, 0.3) is 11.3 Å². The van der Waals surface area contributed by atoms with Crippen molar-refractivity contribution in [2.45, 2.75) is 26.0 Å². The SMILES string of the molecule is CCOC(=O)c1cc2c(s1)[C@@H](OC)CCn1ncc(Cl)c1-2. The molecule has 0 spiro atoms. The Morgan fingerprint density at radius 2 is 2.43 bits per heavy atom. The van der Waals surface area contributed by atoms with Gasteiger partial charge < -0.3 is 9.47 Å². The zero-order valence-electron chi connectivity index (χ0n) is 11.8. The van der Waals surface area contributed by atoms with Gasteiger partial charge >= 0.3 is 5.97 Å². The van der Waals surface area contributed by atoms with E-state index in [1.807, 2.05) is 10.7 Å². The van der Waals surface area contributed by atoms with Crippen LogP contribution in [0.1, 0.15) is 34.0 Å². The average molecular weight is 327 g/mol. The van der Waals surface area contributed by atoms with Crippen LogP contribution in [0.5, 0.6) is 0 Å². The van der Waals surface area contributed by atoms with Crippen molar-refractivity contribution in [1.29, 1.82) is 0 Å². The van der Waals surface area contributed by atoms with Crippen molar-refractivity contribution in [2.24, 2.45) is 0 Å². The molecule has 7 heteroatoms. The summed E-state index contributed by atoms with van der Waals surface area (Å²) in [6.07, 6.45) is 2.36. The third kappa shape index (κ3) is 2.47. The van der Waals surface area contributed by atoms with Crippen LogP contribution in [-0.2, 0) is 16.0 Å². The minimum atomic E-state index is -0.312. The number of thiophene rings is 1. The number of fused-ring (bicyclic) bond motifs is 3. The van der Waals surface area contributed by atoms with E-state index < -0.39 is 0 Å². The predicted octanol–water partition coefficient (Wildman–Crippen LogP) is 3.53. The van der Waals surface area contributed by atoms with Gasteiger partial charge in [0.1, 0.15) is 4.88 Å². The highest BCUT2D eigenvalue weighted by molar-refractivity contribution is 7.14. The van der Waals surface area contributed by atoms with Gasteiger partial charge in [-0.15, -0.1) is 11.3 Å². The lowest BCUT2D eigenvalue weighted by atomic mass is 10.1. The molecule has 0 aliphatic carbocycles. The fourth-order valence-electron chi connectivity index (χ4n) is 2.53. The van der Waals surface area contributed by atoms with Crippen molar-refractivity contribution >= 4 is 28.9 Å². The number of rotatable bonds is 3. The topological polar surface area (TPSA) is 53.4 Å². The number of aromatic nitrogens is 2. The van der Waals surface area contributed by atoms with E-state index in [1.54, 1.807) is 20.2 Å². The number of ether oxygens (including phenoxy) is 2. The third-order valence-corrected chi connectivity index (χ3v) is 4.95. The molecule has 0 saturated heterocycles. The van der Waals surface area contributed by atoms with Crippen LogP contribution in [0.3, 0.4) is 0 Å². The smallest absolute Gasteiger partial charge is 0.348 e. The minimum Gasteiger partial charge on any atom is -0.462 e. The molecule has 112 valence electrons. The van der Waals surface area contributed by atoms with Gasteiger partial charge in [-0.3, -0.25) is 4.68 Å². The molecule has 0 aromatic carbocycles. The van der Waals surface area contributed by atoms with E-state index in [4.69, 9.17) is 21.1 Å². The number of carbonyl (C=O) groups excluding carboxylic acids is 1. The van der Waals surface area contributed by atoms with Gasteiger partial charge in [-0.1, -0.05) is 11.6 Å². The Labute approximate surface area is 131 Å². The maximum atomic E-state index is 12.0. The Kier molecular flexibility index (Phi) is 4.01. The van der Waals surface area contributed by atoms with Crippen molar-refractivity contribution in [2.75, 3.05) is 13.7 Å². The summed E-state index contributed by atoms with van der Waals surface area (Å²) in [6, 6.07) is 1.83. The Hall–Kier alpha value is -1.37. The first kappa shape index (κ1) is 14.6. The van der Waals surface area contributed by atoms with Crippen LogP contribution in [-0.4, -0.2) is 29.5 Å². The van der Waals surface area contributed by atoms with E-state index in [9.17, 15) is 4.79 Å². The van der Waals surface area contributed by atoms with Crippen LogP contribution in [0, 0.1) is 0 Å². The van der Waals surface area contributed by atoms with Crippen molar-refractivity contribution < 1.29 is 14.3 Å². The molecule has 0 N–H and O–H groups in total. The highest BCUT2D eigenvalue weighted by Crippen LogP contribution is 2.43. The summed E-state index contributed by atoms with van der Waals surface area (Å²) in [5.74, 6) is -0.312. The largest absolute Gasteiger partial charge is 0.462 e. The molecule has 2 aromatic rings. The highest BCUT2D eigenvalue weighted by atomic mass is 35.5. The zero-order chi connectivity index (χ0) is 15.0. The Morgan fingerprint density at radius 1 is 1.62 bits per heavy atom. The predicted molar refractivity (Wildman–Crippen MR) is 80.9 cm³/mol. The lowest BCUT2D eigenvalue weighted by Crippen LogP contribution is -2.05. The van der Waals surface area contributed by atoms with Crippen molar-refractivity contribution in [3.63, 3.8) is 0 Å². The molecule has 1 aliphatic heterocycles. The van der Waals surface area contributed by atoms with Crippen molar-refractivity contribution in [3.8, 4) is 11.3 Å². The standard InChI is InChI=1S/C14H15ClN2O3S/c1-3-20-14(18)11-6-8-12-9(15)7-16-17(12)5-4-10(19-2)13(8)21-11/h6-7,10H,3-5H2,1-2H3/t10-/m0/s1. The van der Waals surface area contributed by atoms with E-state index >= 15 is 0 Å². The summed E-state index contributed by atoms with van der Waals surface area (Å²) in [5, 5.41) is 4.88. The van der Waals surface area contributed by atoms with Crippen molar-refractivity contribution in [3.05, 3.63) is 27.0 Å². The van der Waals surface area contributed by atoms with Crippen LogP contribution in [0.4, 0.5) is 0 Å². The quantitative estimate of drug-likeness (QED) is 0.810. The first-order valence-corrected chi connectivity index (χ1v) is 7.90. The van der Waals surface area contributed by atoms with Crippen LogP contribution < -0.4 is 0 Å². The molecule has 0 bridgehead atoms. The lowest BCUT2D eigenvalue weighted by Gasteiger charge is -2.11. The molecule has 3 heterocycles. The molecule has 3 rings (SSSR count). The van der Waals surface area contributed by atoms with Gasteiger partial charge in [-0.25, -0.2) is 4.79 Å². The molecule has 21 heavy (non-hydrogen) atoms. The highest BCUT2D eigenvalue weighted by Gasteiger charge is 2.29. The van der Waals surface area contributed by atoms with Gasteiger partial charge in [0.25, 0.3) is 0 Å². The molecule has 1 atom stereocenters. The number of hydrogen-bond donors (Lipinski definition) is 0. The van der Waals surface area contributed by atoms with Gasteiger partial charge in [0.15, 0.2) is 0 Å². The number of carbonyl (C=O) groups is 1. The fraction of sp³-hybridized carbons (Fsp3) is 0.429.